The van der Waals surface area contributed by atoms with Gasteiger partial charge in [-0.25, -0.2) is 4.79 Å². The van der Waals surface area contributed by atoms with E-state index in [0.29, 0.717) is 5.56 Å². The second-order valence-corrected chi connectivity index (χ2v) is 6.24. The zero-order valence-electron chi connectivity index (χ0n) is 13.5. The van der Waals surface area contributed by atoms with Gasteiger partial charge in [0.15, 0.2) is 6.04 Å². The molecule has 2 aromatic rings. The Morgan fingerprint density at radius 1 is 1.00 bits per heavy atom. The molecule has 0 bridgehead atoms. The summed E-state index contributed by atoms with van der Waals surface area (Å²) in [4.78, 5) is 23.8. The summed E-state index contributed by atoms with van der Waals surface area (Å²) in [5.41, 5.74) is 4.21. The second-order valence-electron chi connectivity index (χ2n) is 6.24. The van der Waals surface area contributed by atoms with Crippen LogP contribution in [0.1, 0.15) is 41.1 Å². The maximum Gasteiger partial charge on any atom is 0.330 e. The maximum absolute atomic E-state index is 12.3. The van der Waals surface area contributed by atoms with Crippen LogP contribution in [-0.2, 0) is 28.9 Å². The van der Waals surface area contributed by atoms with Crippen molar-refractivity contribution in [1.29, 1.82) is 0 Å². The Hall–Kier alpha value is -2.62. The standard InChI is InChI=1S/C20H21NO3/c22-18(21-19(20(23)24)16-7-2-1-3-8-16)13-14-10-11-15-6-4-5-9-17(15)12-14/h1-3,7-8,10-12,19H,4-6,9,13H2,(H,21,22)(H,23,24). The molecule has 0 spiro atoms. The number of carboxylic acid groups (broad SMARTS) is 1. The Morgan fingerprint density at radius 2 is 1.71 bits per heavy atom. The van der Waals surface area contributed by atoms with E-state index in [4.69, 9.17) is 0 Å². The number of rotatable bonds is 5. The molecule has 0 aromatic heterocycles. The molecule has 1 aliphatic carbocycles. The fourth-order valence-electron chi connectivity index (χ4n) is 3.23. The molecule has 4 nitrogen and oxygen atoms in total. The molecular weight excluding hydrogens is 302 g/mol. The van der Waals surface area contributed by atoms with Crippen molar-refractivity contribution in [2.45, 2.75) is 38.1 Å². The lowest BCUT2D eigenvalue weighted by atomic mass is 9.90. The van der Waals surface area contributed by atoms with Crippen molar-refractivity contribution in [2.24, 2.45) is 0 Å². The van der Waals surface area contributed by atoms with Crippen LogP contribution in [0, 0.1) is 0 Å². The molecule has 1 unspecified atom stereocenters. The van der Waals surface area contributed by atoms with E-state index in [0.717, 1.165) is 18.4 Å². The molecule has 0 aliphatic heterocycles. The highest BCUT2D eigenvalue weighted by atomic mass is 16.4. The first-order valence-corrected chi connectivity index (χ1v) is 8.31. The van der Waals surface area contributed by atoms with Crippen LogP contribution in [-0.4, -0.2) is 17.0 Å². The van der Waals surface area contributed by atoms with Crippen LogP contribution in [0.3, 0.4) is 0 Å². The summed E-state index contributed by atoms with van der Waals surface area (Å²) in [6.45, 7) is 0. The average Bonchev–Trinajstić information content (AvgIpc) is 2.60. The van der Waals surface area contributed by atoms with E-state index in [9.17, 15) is 14.7 Å². The highest BCUT2D eigenvalue weighted by Gasteiger charge is 2.22. The molecule has 3 rings (SSSR count). The number of carbonyl (C=O) groups is 2. The zero-order chi connectivity index (χ0) is 16.9. The molecule has 1 aliphatic rings. The minimum Gasteiger partial charge on any atom is -0.479 e. The van der Waals surface area contributed by atoms with Gasteiger partial charge in [-0.05, 0) is 47.9 Å². The first-order valence-electron chi connectivity index (χ1n) is 8.31. The van der Waals surface area contributed by atoms with Gasteiger partial charge in [-0.2, -0.15) is 0 Å². The van der Waals surface area contributed by atoms with Crippen molar-refractivity contribution in [2.75, 3.05) is 0 Å². The molecule has 0 saturated heterocycles. The van der Waals surface area contributed by atoms with Crippen LogP contribution in [0.5, 0.6) is 0 Å². The molecule has 0 saturated carbocycles. The monoisotopic (exact) mass is 323 g/mol. The Labute approximate surface area is 141 Å². The Kier molecular flexibility index (Phi) is 4.94. The summed E-state index contributed by atoms with van der Waals surface area (Å²) >= 11 is 0. The van der Waals surface area contributed by atoms with Crippen LogP contribution in [0.15, 0.2) is 48.5 Å². The van der Waals surface area contributed by atoms with Crippen LogP contribution in [0.4, 0.5) is 0 Å². The quantitative estimate of drug-likeness (QED) is 0.889. The fraction of sp³-hybridized carbons (Fsp3) is 0.300. The number of hydrogen-bond donors (Lipinski definition) is 2. The fourth-order valence-corrected chi connectivity index (χ4v) is 3.23. The number of benzene rings is 2. The van der Waals surface area contributed by atoms with Gasteiger partial charge in [0.25, 0.3) is 0 Å². The third-order valence-electron chi connectivity index (χ3n) is 4.46. The Bertz CT molecular complexity index is 740. The summed E-state index contributed by atoms with van der Waals surface area (Å²) in [5, 5.41) is 12.0. The van der Waals surface area contributed by atoms with Crippen LogP contribution in [0.25, 0.3) is 0 Å². The van der Waals surface area contributed by atoms with E-state index in [-0.39, 0.29) is 12.3 Å². The van der Waals surface area contributed by atoms with Crippen molar-refractivity contribution in [1.82, 2.24) is 5.32 Å². The first-order chi connectivity index (χ1) is 11.6. The highest BCUT2D eigenvalue weighted by molar-refractivity contribution is 5.85. The number of amides is 1. The van der Waals surface area contributed by atoms with Gasteiger partial charge >= 0.3 is 5.97 Å². The van der Waals surface area contributed by atoms with Crippen molar-refractivity contribution in [3.05, 3.63) is 70.8 Å². The minimum absolute atomic E-state index is 0.198. The number of carbonyl (C=O) groups excluding carboxylic acids is 1. The van der Waals surface area contributed by atoms with Gasteiger partial charge in [-0.15, -0.1) is 0 Å². The van der Waals surface area contributed by atoms with Gasteiger partial charge in [0.1, 0.15) is 0 Å². The Balaban J connectivity index is 1.69. The molecule has 2 aromatic carbocycles. The number of aliphatic carboxylic acids is 1. The van der Waals surface area contributed by atoms with E-state index in [1.807, 2.05) is 12.1 Å². The molecule has 24 heavy (non-hydrogen) atoms. The molecule has 0 heterocycles. The highest BCUT2D eigenvalue weighted by Crippen LogP contribution is 2.22. The zero-order valence-corrected chi connectivity index (χ0v) is 13.5. The second kappa shape index (κ2) is 7.30. The number of carboxylic acids is 1. The molecule has 4 heteroatoms. The molecule has 124 valence electrons. The molecule has 1 amide bonds. The van der Waals surface area contributed by atoms with Crippen LogP contribution >= 0.6 is 0 Å². The summed E-state index contributed by atoms with van der Waals surface area (Å²) in [6.07, 6.45) is 4.79. The third kappa shape index (κ3) is 3.82. The largest absolute Gasteiger partial charge is 0.479 e. The summed E-state index contributed by atoms with van der Waals surface area (Å²) < 4.78 is 0. The first kappa shape index (κ1) is 16.2. The minimum atomic E-state index is -1.06. The lowest BCUT2D eigenvalue weighted by Crippen LogP contribution is -2.34. The summed E-state index contributed by atoms with van der Waals surface area (Å²) in [7, 11) is 0. The number of nitrogens with one attached hydrogen (secondary N) is 1. The van der Waals surface area contributed by atoms with Gasteiger partial charge < -0.3 is 10.4 Å². The lowest BCUT2D eigenvalue weighted by Gasteiger charge is -2.17. The van der Waals surface area contributed by atoms with Crippen molar-refractivity contribution >= 4 is 11.9 Å². The van der Waals surface area contributed by atoms with E-state index in [1.54, 1.807) is 24.3 Å². The van der Waals surface area contributed by atoms with Crippen LogP contribution in [0.2, 0.25) is 0 Å². The van der Waals surface area contributed by atoms with E-state index < -0.39 is 12.0 Å². The maximum atomic E-state index is 12.3. The lowest BCUT2D eigenvalue weighted by molar-refractivity contribution is -0.141. The average molecular weight is 323 g/mol. The molecular formula is C20H21NO3. The normalized spacial score (nSPS) is 14.5. The van der Waals surface area contributed by atoms with Gasteiger partial charge in [0, 0.05) is 0 Å². The number of fused-ring (bicyclic) bond motifs is 1. The van der Waals surface area contributed by atoms with Gasteiger partial charge in [-0.1, -0.05) is 48.5 Å². The topological polar surface area (TPSA) is 66.4 Å². The van der Waals surface area contributed by atoms with Gasteiger partial charge in [0.2, 0.25) is 5.91 Å². The molecule has 2 N–H and O–H groups in total. The smallest absolute Gasteiger partial charge is 0.330 e. The van der Waals surface area contributed by atoms with Gasteiger partial charge in [-0.3, -0.25) is 4.79 Å². The van der Waals surface area contributed by atoms with Crippen molar-refractivity contribution in [3.63, 3.8) is 0 Å². The van der Waals surface area contributed by atoms with Crippen molar-refractivity contribution in [3.8, 4) is 0 Å². The van der Waals surface area contributed by atoms with E-state index in [2.05, 4.69) is 17.4 Å². The van der Waals surface area contributed by atoms with E-state index in [1.165, 1.54) is 24.0 Å². The van der Waals surface area contributed by atoms with E-state index >= 15 is 0 Å². The van der Waals surface area contributed by atoms with Crippen LogP contribution < -0.4 is 5.32 Å². The summed E-state index contributed by atoms with van der Waals surface area (Å²) in [5.74, 6) is -1.33. The predicted molar refractivity (Wildman–Crippen MR) is 91.7 cm³/mol. The molecule has 0 fully saturated rings. The van der Waals surface area contributed by atoms with Gasteiger partial charge in [0.05, 0.1) is 6.42 Å². The third-order valence-corrected chi connectivity index (χ3v) is 4.46. The summed E-state index contributed by atoms with van der Waals surface area (Å²) in [6, 6.07) is 13.9. The predicted octanol–water partition coefficient (Wildman–Crippen LogP) is 3.05. The van der Waals surface area contributed by atoms with Crippen molar-refractivity contribution < 1.29 is 14.7 Å². The Morgan fingerprint density at radius 3 is 2.42 bits per heavy atom. The number of aryl methyl sites for hydroxylation is 2. The molecule has 0 radical (unpaired) electrons. The molecule has 1 atom stereocenters. The number of hydrogen-bond acceptors (Lipinski definition) is 2. The SMILES string of the molecule is O=C(Cc1ccc2c(c1)CCCC2)NC(C(=O)O)c1ccccc1.